The van der Waals surface area contributed by atoms with Crippen molar-refractivity contribution in [2.45, 2.75) is 26.7 Å². The molecule has 0 heterocycles. The molecule has 0 amide bonds. The fourth-order valence-corrected chi connectivity index (χ4v) is 1.76. The Hall–Kier alpha value is -1.77. The van der Waals surface area contributed by atoms with Crippen molar-refractivity contribution in [2.75, 3.05) is 7.11 Å². The van der Waals surface area contributed by atoms with Crippen molar-refractivity contribution in [2.24, 2.45) is 5.92 Å². The Bertz CT molecular complexity index is 419. The highest BCUT2D eigenvalue weighted by Gasteiger charge is 2.17. The van der Waals surface area contributed by atoms with E-state index in [1.54, 1.807) is 0 Å². The molecule has 0 fully saturated rings. The molecule has 3 nitrogen and oxygen atoms in total. The first-order valence-electron chi connectivity index (χ1n) is 6.12. The van der Waals surface area contributed by atoms with Gasteiger partial charge in [0.1, 0.15) is 5.76 Å². The van der Waals surface area contributed by atoms with Crippen molar-refractivity contribution in [1.82, 2.24) is 0 Å². The van der Waals surface area contributed by atoms with Crippen molar-refractivity contribution in [3.63, 3.8) is 0 Å². The van der Waals surface area contributed by atoms with Crippen LogP contribution in [0, 0.1) is 5.92 Å². The van der Waals surface area contributed by atoms with Crippen LogP contribution in [0.3, 0.4) is 0 Å². The molecule has 0 saturated heterocycles. The molecule has 1 rings (SSSR count). The van der Waals surface area contributed by atoms with Crippen LogP contribution in [0.25, 0.3) is 5.76 Å². The first-order chi connectivity index (χ1) is 8.56. The van der Waals surface area contributed by atoms with Gasteiger partial charge in [-0.3, -0.25) is 0 Å². The third-order valence-electron chi connectivity index (χ3n) is 2.74. The maximum absolute atomic E-state index is 11.3. The van der Waals surface area contributed by atoms with Gasteiger partial charge in [0, 0.05) is 5.56 Å². The standard InChI is InChI=1S/C15H20O3/c1-11(2)9-10-13(15(16)17)14(18-3)12-7-5-4-6-8-12/h4-8,11H,9-10H2,1-3H3,(H,16,17). The van der Waals surface area contributed by atoms with E-state index in [0.29, 0.717) is 23.7 Å². The van der Waals surface area contributed by atoms with Gasteiger partial charge < -0.3 is 9.84 Å². The van der Waals surface area contributed by atoms with Gasteiger partial charge >= 0.3 is 5.97 Å². The molecule has 0 saturated carbocycles. The molecule has 1 N–H and O–H groups in total. The maximum Gasteiger partial charge on any atom is 0.335 e. The van der Waals surface area contributed by atoms with Gasteiger partial charge in [0.2, 0.25) is 0 Å². The van der Waals surface area contributed by atoms with Gasteiger partial charge in [0.05, 0.1) is 12.7 Å². The van der Waals surface area contributed by atoms with Crippen LogP contribution < -0.4 is 0 Å². The number of hydrogen-bond donors (Lipinski definition) is 1. The van der Waals surface area contributed by atoms with Crippen LogP contribution in [0.15, 0.2) is 35.9 Å². The Morgan fingerprint density at radius 2 is 1.89 bits per heavy atom. The lowest BCUT2D eigenvalue weighted by atomic mass is 9.99. The molecule has 0 bridgehead atoms. The summed E-state index contributed by atoms with van der Waals surface area (Å²) in [6.07, 6.45) is 1.35. The minimum Gasteiger partial charge on any atom is -0.496 e. The van der Waals surface area contributed by atoms with Crippen LogP contribution in [0.4, 0.5) is 0 Å². The van der Waals surface area contributed by atoms with Gasteiger partial charge in [-0.15, -0.1) is 0 Å². The van der Waals surface area contributed by atoms with E-state index in [1.807, 2.05) is 30.3 Å². The highest BCUT2D eigenvalue weighted by molar-refractivity contribution is 5.94. The Labute approximate surface area is 108 Å². The number of hydrogen-bond acceptors (Lipinski definition) is 2. The highest BCUT2D eigenvalue weighted by Crippen LogP contribution is 2.24. The molecule has 18 heavy (non-hydrogen) atoms. The molecule has 3 heteroatoms. The van der Waals surface area contributed by atoms with Crippen LogP contribution >= 0.6 is 0 Å². The Kier molecular flexibility index (Phi) is 5.43. The predicted molar refractivity (Wildman–Crippen MR) is 72.1 cm³/mol. The second-order valence-electron chi connectivity index (χ2n) is 4.62. The monoisotopic (exact) mass is 248 g/mol. The Morgan fingerprint density at radius 1 is 1.28 bits per heavy atom. The van der Waals surface area contributed by atoms with Gasteiger partial charge in [0.15, 0.2) is 0 Å². The smallest absolute Gasteiger partial charge is 0.335 e. The van der Waals surface area contributed by atoms with Crippen molar-refractivity contribution in [1.29, 1.82) is 0 Å². The fraction of sp³-hybridized carbons (Fsp3) is 0.400. The molecular formula is C15H20O3. The van der Waals surface area contributed by atoms with E-state index in [0.717, 1.165) is 12.0 Å². The van der Waals surface area contributed by atoms with E-state index in [4.69, 9.17) is 4.74 Å². The summed E-state index contributed by atoms with van der Waals surface area (Å²) in [7, 11) is 1.51. The lowest BCUT2D eigenvalue weighted by molar-refractivity contribution is -0.132. The van der Waals surface area contributed by atoms with Crippen molar-refractivity contribution < 1.29 is 14.6 Å². The minimum atomic E-state index is -0.906. The van der Waals surface area contributed by atoms with E-state index >= 15 is 0 Å². The summed E-state index contributed by atoms with van der Waals surface area (Å²) in [5.41, 5.74) is 1.15. The zero-order valence-corrected chi connectivity index (χ0v) is 11.1. The second kappa shape index (κ2) is 6.84. The molecule has 1 aromatic carbocycles. The summed E-state index contributed by atoms with van der Waals surface area (Å²) in [5, 5.41) is 9.31. The number of aliphatic carboxylic acids is 1. The molecule has 0 spiro atoms. The van der Waals surface area contributed by atoms with Gasteiger partial charge in [0.25, 0.3) is 0 Å². The van der Waals surface area contributed by atoms with Crippen LogP contribution in [-0.2, 0) is 9.53 Å². The number of carboxylic acids is 1. The predicted octanol–water partition coefficient (Wildman–Crippen LogP) is 3.56. The van der Waals surface area contributed by atoms with Crippen LogP contribution in [0.1, 0.15) is 32.3 Å². The van der Waals surface area contributed by atoms with Gasteiger partial charge in [-0.2, -0.15) is 0 Å². The second-order valence-corrected chi connectivity index (χ2v) is 4.62. The topological polar surface area (TPSA) is 46.5 Å². The normalized spacial score (nSPS) is 12.2. The number of ether oxygens (including phenoxy) is 1. The lowest BCUT2D eigenvalue weighted by Gasteiger charge is -2.12. The first-order valence-corrected chi connectivity index (χ1v) is 6.12. The van der Waals surface area contributed by atoms with Crippen molar-refractivity contribution in [3.05, 3.63) is 41.5 Å². The summed E-state index contributed by atoms with van der Waals surface area (Å²) in [4.78, 5) is 11.3. The summed E-state index contributed by atoms with van der Waals surface area (Å²) in [5.74, 6) is 0.0216. The Balaban J connectivity index is 3.10. The zero-order valence-electron chi connectivity index (χ0n) is 11.1. The van der Waals surface area contributed by atoms with Gasteiger partial charge in [-0.25, -0.2) is 4.79 Å². The van der Waals surface area contributed by atoms with Gasteiger partial charge in [-0.1, -0.05) is 44.2 Å². The first kappa shape index (κ1) is 14.3. The van der Waals surface area contributed by atoms with E-state index < -0.39 is 5.97 Å². The Morgan fingerprint density at radius 3 is 2.33 bits per heavy atom. The molecule has 0 radical (unpaired) electrons. The maximum atomic E-state index is 11.3. The van der Waals surface area contributed by atoms with Crippen LogP contribution in [0.5, 0.6) is 0 Å². The SMILES string of the molecule is COC(=C(CCC(C)C)C(=O)O)c1ccccc1. The molecule has 0 atom stereocenters. The number of benzene rings is 1. The third-order valence-corrected chi connectivity index (χ3v) is 2.74. The largest absolute Gasteiger partial charge is 0.496 e. The fourth-order valence-electron chi connectivity index (χ4n) is 1.76. The van der Waals surface area contributed by atoms with Crippen LogP contribution in [-0.4, -0.2) is 18.2 Å². The molecule has 0 unspecified atom stereocenters. The van der Waals surface area contributed by atoms with Gasteiger partial charge in [-0.05, 0) is 18.8 Å². The number of carboxylic acid groups (broad SMARTS) is 1. The molecule has 0 aliphatic heterocycles. The molecule has 0 aromatic heterocycles. The van der Waals surface area contributed by atoms with E-state index in [2.05, 4.69) is 13.8 Å². The minimum absolute atomic E-state index is 0.345. The average molecular weight is 248 g/mol. The number of rotatable bonds is 6. The van der Waals surface area contributed by atoms with Crippen LogP contribution in [0.2, 0.25) is 0 Å². The molecular weight excluding hydrogens is 228 g/mol. The van der Waals surface area contributed by atoms with E-state index in [-0.39, 0.29) is 0 Å². The molecule has 0 aliphatic rings. The summed E-state index contributed by atoms with van der Waals surface area (Å²) in [6.45, 7) is 4.16. The average Bonchev–Trinajstić information content (AvgIpc) is 2.34. The highest BCUT2D eigenvalue weighted by atomic mass is 16.5. The number of methoxy groups -OCH3 is 1. The third kappa shape index (κ3) is 3.91. The quantitative estimate of drug-likeness (QED) is 0.618. The molecule has 0 aliphatic carbocycles. The summed E-state index contributed by atoms with van der Waals surface area (Å²) >= 11 is 0. The summed E-state index contributed by atoms with van der Waals surface area (Å²) in [6, 6.07) is 9.35. The lowest BCUT2D eigenvalue weighted by Crippen LogP contribution is -2.07. The van der Waals surface area contributed by atoms with Crippen molar-refractivity contribution in [3.8, 4) is 0 Å². The van der Waals surface area contributed by atoms with E-state index in [1.165, 1.54) is 7.11 Å². The number of carbonyl (C=O) groups is 1. The molecule has 98 valence electrons. The summed E-state index contributed by atoms with van der Waals surface area (Å²) < 4.78 is 5.29. The zero-order chi connectivity index (χ0) is 13.5. The van der Waals surface area contributed by atoms with E-state index in [9.17, 15) is 9.90 Å². The molecule has 1 aromatic rings. The van der Waals surface area contributed by atoms with Crippen molar-refractivity contribution >= 4 is 11.7 Å².